The molecule has 1 aliphatic heterocycles. The van der Waals surface area contributed by atoms with Gasteiger partial charge in [-0.25, -0.2) is 4.98 Å². The highest BCUT2D eigenvalue weighted by molar-refractivity contribution is 7.11. The first-order valence-electron chi connectivity index (χ1n) is 9.39. The number of hydrogen-bond donors (Lipinski definition) is 0. The summed E-state index contributed by atoms with van der Waals surface area (Å²) in [6.07, 6.45) is 6.76. The van der Waals surface area contributed by atoms with E-state index in [1.165, 1.54) is 34.8 Å². The van der Waals surface area contributed by atoms with Crippen LogP contribution in [0.25, 0.3) is 0 Å². The molecular weight excluding hydrogens is 334 g/mol. The monoisotopic (exact) mass is 361 g/mol. The number of nitrogens with zero attached hydrogens (tertiary/aromatic N) is 3. The number of morpholine rings is 1. The van der Waals surface area contributed by atoms with Crippen LogP contribution >= 0.6 is 11.3 Å². The summed E-state index contributed by atoms with van der Waals surface area (Å²) in [6, 6.07) is 4.03. The van der Waals surface area contributed by atoms with Crippen molar-refractivity contribution < 1.29 is 9.15 Å². The number of rotatable bonds is 7. The van der Waals surface area contributed by atoms with Crippen LogP contribution in [0.15, 0.2) is 22.8 Å². The lowest BCUT2D eigenvalue weighted by molar-refractivity contribution is 0.0321. The van der Waals surface area contributed by atoms with Crippen molar-refractivity contribution in [3.05, 3.63) is 39.7 Å². The van der Waals surface area contributed by atoms with Gasteiger partial charge < -0.3 is 9.15 Å². The molecule has 2 aromatic rings. The van der Waals surface area contributed by atoms with Gasteiger partial charge >= 0.3 is 0 Å². The van der Waals surface area contributed by atoms with Crippen LogP contribution in [-0.2, 0) is 30.7 Å². The van der Waals surface area contributed by atoms with Gasteiger partial charge in [0, 0.05) is 31.1 Å². The van der Waals surface area contributed by atoms with Gasteiger partial charge in [0.25, 0.3) is 0 Å². The number of fused-ring (bicyclic) bond motifs is 1. The zero-order valence-corrected chi connectivity index (χ0v) is 15.6. The van der Waals surface area contributed by atoms with Crippen LogP contribution in [-0.4, -0.2) is 54.2 Å². The fourth-order valence-corrected chi connectivity index (χ4v) is 4.81. The number of aromatic nitrogens is 1. The van der Waals surface area contributed by atoms with Crippen LogP contribution in [0.5, 0.6) is 0 Å². The molecule has 0 N–H and O–H groups in total. The van der Waals surface area contributed by atoms with Gasteiger partial charge in [-0.05, 0) is 37.8 Å². The predicted molar refractivity (Wildman–Crippen MR) is 98.8 cm³/mol. The van der Waals surface area contributed by atoms with Crippen LogP contribution in [0.3, 0.4) is 0 Å². The van der Waals surface area contributed by atoms with E-state index in [4.69, 9.17) is 14.1 Å². The van der Waals surface area contributed by atoms with E-state index in [9.17, 15) is 0 Å². The molecule has 4 rings (SSSR count). The number of furan rings is 1. The summed E-state index contributed by atoms with van der Waals surface area (Å²) < 4.78 is 11.0. The van der Waals surface area contributed by atoms with E-state index in [0.29, 0.717) is 0 Å². The summed E-state index contributed by atoms with van der Waals surface area (Å²) in [6.45, 7) is 7.68. The highest BCUT2D eigenvalue weighted by atomic mass is 32.1. The van der Waals surface area contributed by atoms with Gasteiger partial charge in [-0.2, -0.15) is 0 Å². The van der Waals surface area contributed by atoms with Crippen molar-refractivity contribution in [1.29, 1.82) is 0 Å². The number of ether oxygens (including phenoxy) is 1. The van der Waals surface area contributed by atoms with Crippen molar-refractivity contribution >= 4 is 11.3 Å². The third kappa shape index (κ3) is 4.70. The molecule has 6 heteroatoms. The first-order chi connectivity index (χ1) is 12.4. The van der Waals surface area contributed by atoms with E-state index in [1.807, 2.05) is 17.4 Å². The van der Waals surface area contributed by atoms with Crippen molar-refractivity contribution in [3.63, 3.8) is 0 Å². The minimum absolute atomic E-state index is 0.849. The van der Waals surface area contributed by atoms with E-state index in [0.717, 1.165) is 64.7 Å². The molecule has 25 heavy (non-hydrogen) atoms. The molecule has 0 atom stereocenters. The molecular formula is C19H27N3O2S. The molecule has 0 amide bonds. The lowest BCUT2D eigenvalue weighted by Gasteiger charge is -2.29. The zero-order valence-electron chi connectivity index (χ0n) is 14.8. The maximum atomic E-state index is 5.58. The maximum Gasteiger partial charge on any atom is 0.117 e. The fraction of sp³-hybridized carbons (Fsp3) is 0.632. The largest absolute Gasteiger partial charge is 0.468 e. The molecule has 5 nitrogen and oxygen atoms in total. The van der Waals surface area contributed by atoms with Crippen molar-refractivity contribution in [2.45, 2.75) is 38.8 Å². The Hall–Kier alpha value is -1.21. The molecule has 2 aromatic heterocycles. The van der Waals surface area contributed by atoms with Gasteiger partial charge in [0.1, 0.15) is 10.8 Å². The third-order valence-corrected chi connectivity index (χ3v) is 6.19. The average molecular weight is 362 g/mol. The van der Waals surface area contributed by atoms with E-state index in [-0.39, 0.29) is 0 Å². The summed E-state index contributed by atoms with van der Waals surface area (Å²) in [5.74, 6) is 1.03. The van der Waals surface area contributed by atoms with Gasteiger partial charge in [-0.1, -0.05) is 0 Å². The van der Waals surface area contributed by atoms with Crippen LogP contribution in [0, 0.1) is 0 Å². The van der Waals surface area contributed by atoms with Gasteiger partial charge in [-0.3, -0.25) is 9.80 Å². The van der Waals surface area contributed by atoms with E-state index in [1.54, 1.807) is 6.26 Å². The Kier molecular flexibility index (Phi) is 5.82. The van der Waals surface area contributed by atoms with Crippen LogP contribution in [0.1, 0.15) is 34.2 Å². The lowest BCUT2D eigenvalue weighted by atomic mass is 10.0. The molecule has 1 aliphatic carbocycles. The molecule has 0 unspecified atom stereocenters. The lowest BCUT2D eigenvalue weighted by Crippen LogP contribution is -2.41. The molecule has 1 fully saturated rings. The Labute approximate surface area is 153 Å². The smallest absolute Gasteiger partial charge is 0.117 e. The van der Waals surface area contributed by atoms with Gasteiger partial charge in [0.2, 0.25) is 0 Å². The minimum Gasteiger partial charge on any atom is -0.468 e. The number of aryl methyl sites for hydroxylation is 2. The molecule has 0 bridgehead atoms. The average Bonchev–Trinajstić information content (AvgIpc) is 3.29. The van der Waals surface area contributed by atoms with Crippen molar-refractivity contribution in [2.24, 2.45) is 0 Å². The summed E-state index contributed by atoms with van der Waals surface area (Å²) in [7, 11) is 0. The summed E-state index contributed by atoms with van der Waals surface area (Å²) >= 11 is 1.92. The molecule has 0 radical (unpaired) electrons. The predicted octanol–water partition coefficient (Wildman–Crippen LogP) is 2.95. The number of hydrogen-bond acceptors (Lipinski definition) is 6. The third-order valence-electron chi connectivity index (χ3n) is 5.04. The maximum absolute atomic E-state index is 5.58. The first-order valence-corrected chi connectivity index (χ1v) is 10.2. The Balaban J connectivity index is 1.39. The molecule has 0 spiro atoms. The fourth-order valence-electron chi connectivity index (χ4n) is 3.61. The SMILES string of the molecule is c1coc(CN(CCN2CCOCC2)Cc2nc3c(s2)CCCC3)c1. The normalized spacial score (nSPS) is 18.6. The van der Waals surface area contributed by atoms with Crippen LogP contribution in [0.2, 0.25) is 0 Å². The highest BCUT2D eigenvalue weighted by Crippen LogP contribution is 2.27. The van der Waals surface area contributed by atoms with E-state index < -0.39 is 0 Å². The van der Waals surface area contributed by atoms with Gasteiger partial charge in [0.05, 0.1) is 38.3 Å². The van der Waals surface area contributed by atoms with E-state index in [2.05, 4.69) is 15.9 Å². The van der Waals surface area contributed by atoms with E-state index >= 15 is 0 Å². The Morgan fingerprint density at radius 2 is 2.04 bits per heavy atom. The molecule has 3 heterocycles. The molecule has 2 aliphatic rings. The number of thiazole rings is 1. The molecule has 1 saturated heterocycles. The van der Waals surface area contributed by atoms with Crippen molar-refractivity contribution in [3.8, 4) is 0 Å². The van der Waals surface area contributed by atoms with Gasteiger partial charge in [-0.15, -0.1) is 11.3 Å². The van der Waals surface area contributed by atoms with Crippen molar-refractivity contribution in [2.75, 3.05) is 39.4 Å². The Morgan fingerprint density at radius 3 is 2.84 bits per heavy atom. The second kappa shape index (κ2) is 8.45. The summed E-state index contributed by atoms with van der Waals surface area (Å²) in [5, 5.41) is 1.26. The highest BCUT2D eigenvalue weighted by Gasteiger charge is 2.18. The summed E-state index contributed by atoms with van der Waals surface area (Å²) in [4.78, 5) is 11.4. The first kappa shape index (κ1) is 17.2. The summed E-state index contributed by atoms with van der Waals surface area (Å²) in [5.41, 5.74) is 1.36. The molecule has 0 aromatic carbocycles. The zero-order chi connectivity index (χ0) is 16.9. The Morgan fingerprint density at radius 1 is 1.16 bits per heavy atom. The van der Waals surface area contributed by atoms with Crippen molar-refractivity contribution in [1.82, 2.24) is 14.8 Å². The van der Waals surface area contributed by atoms with Crippen LogP contribution in [0.4, 0.5) is 0 Å². The second-order valence-corrected chi connectivity index (χ2v) is 8.10. The Bertz CT molecular complexity index is 626. The van der Waals surface area contributed by atoms with Crippen LogP contribution < -0.4 is 0 Å². The molecule has 0 saturated carbocycles. The quantitative estimate of drug-likeness (QED) is 0.758. The second-order valence-electron chi connectivity index (χ2n) is 6.93. The topological polar surface area (TPSA) is 41.7 Å². The molecule has 136 valence electrons. The van der Waals surface area contributed by atoms with Gasteiger partial charge in [0.15, 0.2) is 0 Å². The standard InChI is InChI=1S/C19H27N3O2S/c1-2-6-18-17(5-1)20-19(25-18)15-22(14-16-4-3-11-24-16)8-7-21-9-12-23-13-10-21/h3-4,11H,1-2,5-10,12-15H2. The minimum atomic E-state index is 0.849.